The van der Waals surface area contributed by atoms with Crippen molar-refractivity contribution in [2.75, 3.05) is 19.0 Å². The van der Waals surface area contributed by atoms with E-state index in [2.05, 4.69) is 21.2 Å². The van der Waals surface area contributed by atoms with E-state index in [0.717, 1.165) is 47.5 Å². The summed E-state index contributed by atoms with van der Waals surface area (Å²) in [6, 6.07) is 9.55. The van der Waals surface area contributed by atoms with E-state index in [4.69, 9.17) is 21.4 Å². The highest BCUT2D eigenvalue weighted by Crippen LogP contribution is 2.29. The largest absolute Gasteiger partial charge is 0.455 e. The Kier molecular flexibility index (Phi) is 7.00. The molecule has 154 valence electrons. The zero-order valence-electron chi connectivity index (χ0n) is 16.9. The number of methoxy groups -OCH3 is 1. The van der Waals surface area contributed by atoms with Gasteiger partial charge in [0.1, 0.15) is 5.76 Å². The molecular formula is C21H26N4O3S. The summed E-state index contributed by atoms with van der Waals surface area (Å²) in [5.74, 6) is 0.883. The Bertz CT molecular complexity index is 908. The number of nitrogens with zero attached hydrogens (tertiary/aromatic N) is 1. The molecule has 3 rings (SSSR count). The van der Waals surface area contributed by atoms with Crippen molar-refractivity contribution < 1.29 is 13.9 Å². The molecule has 7 nitrogen and oxygen atoms in total. The van der Waals surface area contributed by atoms with Crippen LogP contribution in [0.15, 0.2) is 39.9 Å². The van der Waals surface area contributed by atoms with Crippen molar-refractivity contribution >= 4 is 34.6 Å². The number of hydrazone groups is 1. The quantitative estimate of drug-likeness (QED) is 0.496. The van der Waals surface area contributed by atoms with Crippen LogP contribution in [-0.2, 0) is 11.2 Å². The van der Waals surface area contributed by atoms with Crippen LogP contribution in [0.25, 0.3) is 0 Å². The molecule has 1 atom stereocenters. The predicted molar refractivity (Wildman–Crippen MR) is 118 cm³/mol. The number of anilines is 1. The molecule has 0 saturated heterocycles. The Morgan fingerprint density at radius 1 is 1.31 bits per heavy atom. The molecule has 0 saturated carbocycles. The summed E-state index contributed by atoms with van der Waals surface area (Å²) in [7, 11) is 1.60. The maximum absolute atomic E-state index is 12.6. The molecule has 1 aromatic heterocycles. The van der Waals surface area contributed by atoms with Crippen molar-refractivity contribution in [2.24, 2.45) is 5.10 Å². The number of benzene rings is 1. The van der Waals surface area contributed by atoms with Crippen LogP contribution >= 0.6 is 12.2 Å². The van der Waals surface area contributed by atoms with E-state index >= 15 is 0 Å². The molecule has 0 bridgehead atoms. The summed E-state index contributed by atoms with van der Waals surface area (Å²) in [5, 5.41) is 10.9. The third-order valence-electron chi connectivity index (χ3n) is 4.65. The van der Waals surface area contributed by atoms with E-state index in [1.807, 2.05) is 44.2 Å². The highest BCUT2D eigenvalue weighted by atomic mass is 32.1. The summed E-state index contributed by atoms with van der Waals surface area (Å²) >= 11 is 5.33. The average molecular weight is 415 g/mol. The minimum Gasteiger partial charge on any atom is -0.455 e. The molecule has 1 amide bonds. The van der Waals surface area contributed by atoms with E-state index in [1.165, 1.54) is 0 Å². The maximum Gasteiger partial charge on any atom is 0.287 e. The van der Waals surface area contributed by atoms with Gasteiger partial charge >= 0.3 is 0 Å². The van der Waals surface area contributed by atoms with E-state index in [-0.39, 0.29) is 11.9 Å². The number of fused-ring (bicyclic) bond motifs is 1. The van der Waals surface area contributed by atoms with Crippen molar-refractivity contribution in [3.05, 3.63) is 53.0 Å². The third kappa shape index (κ3) is 5.21. The number of hydrogen-bond acceptors (Lipinski definition) is 5. The highest BCUT2D eigenvalue weighted by Gasteiger charge is 2.28. The molecular weight excluding hydrogens is 388 g/mol. The molecule has 0 aliphatic heterocycles. The van der Waals surface area contributed by atoms with Gasteiger partial charge in [0.2, 0.25) is 0 Å². The first kappa shape index (κ1) is 21.0. The number of hydrogen-bond donors (Lipinski definition) is 3. The van der Waals surface area contributed by atoms with Gasteiger partial charge in [0, 0.05) is 36.4 Å². The molecule has 0 spiro atoms. The van der Waals surface area contributed by atoms with Crippen LogP contribution in [0, 0.1) is 6.92 Å². The summed E-state index contributed by atoms with van der Waals surface area (Å²) < 4.78 is 11.0. The van der Waals surface area contributed by atoms with Crippen LogP contribution in [0.2, 0.25) is 0 Å². The third-order valence-corrected chi connectivity index (χ3v) is 4.84. The minimum atomic E-state index is -0.241. The lowest BCUT2D eigenvalue weighted by atomic mass is 9.93. The second-order valence-electron chi connectivity index (χ2n) is 7.03. The lowest BCUT2D eigenvalue weighted by Crippen LogP contribution is -2.35. The lowest BCUT2D eigenvalue weighted by molar-refractivity contribution is 0.0875. The van der Waals surface area contributed by atoms with Gasteiger partial charge in [-0.05, 0) is 51.0 Å². The first-order valence-corrected chi connectivity index (χ1v) is 10.0. The number of nitrogens with one attached hydrogen (secondary N) is 3. The standard InChI is InChI=1S/C21H26N4O3S/c1-13(12-27-3)22-20(26)19-14(2)18-16(10-7-11-17(18)28-19)24-25-21(29)23-15-8-5-4-6-9-15/h4-6,8-9,13H,7,10-12H2,1-3H3,(H,22,26)(H2,23,25,29)/b24-16+. The van der Waals surface area contributed by atoms with Crippen molar-refractivity contribution in [1.82, 2.24) is 10.7 Å². The number of carbonyl (C=O) groups is 1. The molecule has 0 radical (unpaired) electrons. The van der Waals surface area contributed by atoms with Crippen LogP contribution in [0.1, 0.15) is 47.2 Å². The molecule has 1 heterocycles. The van der Waals surface area contributed by atoms with E-state index in [0.29, 0.717) is 17.5 Å². The van der Waals surface area contributed by atoms with Crippen LogP contribution in [0.4, 0.5) is 5.69 Å². The van der Waals surface area contributed by atoms with Crippen molar-refractivity contribution in [3.8, 4) is 0 Å². The number of furan rings is 1. The second-order valence-corrected chi connectivity index (χ2v) is 7.44. The normalized spacial score (nSPS) is 15.5. The minimum absolute atomic E-state index is 0.106. The Balaban J connectivity index is 1.74. The van der Waals surface area contributed by atoms with Crippen LogP contribution in [0.3, 0.4) is 0 Å². The number of para-hydroxylation sites is 1. The maximum atomic E-state index is 12.6. The summed E-state index contributed by atoms with van der Waals surface area (Å²) in [4.78, 5) is 12.6. The van der Waals surface area contributed by atoms with Gasteiger partial charge in [-0.25, -0.2) is 0 Å². The number of ether oxygens (including phenoxy) is 1. The molecule has 29 heavy (non-hydrogen) atoms. The zero-order valence-corrected chi connectivity index (χ0v) is 17.7. The molecule has 1 aliphatic rings. The van der Waals surface area contributed by atoms with Crippen molar-refractivity contribution in [2.45, 2.75) is 39.2 Å². The summed E-state index contributed by atoms with van der Waals surface area (Å²) in [6.07, 6.45) is 2.47. The summed E-state index contributed by atoms with van der Waals surface area (Å²) in [6.45, 7) is 4.21. The van der Waals surface area contributed by atoms with E-state index in [1.54, 1.807) is 7.11 Å². The Morgan fingerprint density at radius 2 is 2.07 bits per heavy atom. The lowest BCUT2D eigenvalue weighted by Gasteiger charge is -2.14. The van der Waals surface area contributed by atoms with Crippen LogP contribution in [-0.4, -0.2) is 36.5 Å². The average Bonchev–Trinajstić information content (AvgIpc) is 3.05. The molecule has 8 heteroatoms. The smallest absolute Gasteiger partial charge is 0.287 e. The summed E-state index contributed by atoms with van der Waals surface area (Å²) in [5.41, 5.74) is 6.33. The molecule has 3 N–H and O–H groups in total. The number of carbonyl (C=O) groups excluding carboxylic acids is 1. The van der Waals surface area contributed by atoms with Gasteiger partial charge in [-0.15, -0.1) is 0 Å². The van der Waals surface area contributed by atoms with Gasteiger partial charge < -0.3 is 19.8 Å². The SMILES string of the molecule is COCC(C)NC(=O)c1oc2c(c1C)/C(=N/NC(=S)Nc1ccccc1)CCC2. The van der Waals surface area contributed by atoms with Gasteiger partial charge in [0.25, 0.3) is 5.91 Å². The Labute approximate surface area is 175 Å². The topological polar surface area (TPSA) is 87.9 Å². The van der Waals surface area contributed by atoms with Gasteiger partial charge in [-0.2, -0.15) is 5.10 Å². The van der Waals surface area contributed by atoms with Gasteiger partial charge in [-0.3, -0.25) is 10.2 Å². The Morgan fingerprint density at radius 3 is 2.79 bits per heavy atom. The van der Waals surface area contributed by atoms with Crippen molar-refractivity contribution in [3.63, 3.8) is 0 Å². The fraction of sp³-hybridized carbons (Fsp3) is 0.381. The zero-order chi connectivity index (χ0) is 20.8. The fourth-order valence-electron chi connectivity index (χ4n) is 3.38. The number of amides is 1. The van der Waals surface area contributed by atoms with E-state index in [9.17, 15) is 4.79 Å². The first-order chi connectivity index (χ1) is 14.0. The first-order valence-electron chi connectivity index (χ1n) is 9.60. The van der Waals surface area contributed by atoms with Crippen LogP contribution in [0.5, 0.6) is 0 Å². The number of aryl methyl sites for hydroxylation is 1. The molecule has 2 aromatic rings. The van der Waals surface area contributed by atoms with Gasteiger partial charge in [-0.1, -0.05) is 18.2 Å². The molecule has 1 aliphatic carbocycles. The number of thiocarbonyl (C=S) groups is 1. The van der Waals surface area contributed by atoms with Crippen molar-refractivity contribution in [1.29, 1.82) is 0 Å². The highest BCUT2D eigenvalue weighted by molar-refractivity contribution is 7.80. The second kappa shape index (κ2) is 9.67. The fourth-order valence-corrected chi connectivity index (χ4v) is 3.54. The van der Waals surface area contributed by atoms with Crippen LogP contribution < -0.4 is 16.1 Å². The van der Waals surface area contributed by atoms with Gasteiger partial charge in [0.05, 0.1) is 12.3 Å². The molecule has 1 unspecified atom stereocenters. The van der Waals surface area contributed by atoms with E-state index < -0.39 is 0 Å². The monoisotopic (exact) mass is 414 g/mol. The molecule has 1 aromatic carbocycles. The molecule has 0 fully saturated rings. The Hall–Kier alpha value is -2.71. The van der Waals surface area contributed by atoms with Gasteiger partial charge in [0.15, 0.2) is 10.9 Å². The predicted octanol–water partition coefficient (Wildman–Crippen LogP) is 3.38. The number of rotatable bonds is 6.